The van der Waals surface area contributed by atoms with Crippen molar-refractivity contribution in [3.63, 3.8) is 0 Å². The van der Waals surface area contributed by atoms with E-state index in [0.717, 1.165) is 25.1 Å². The van der Waals surface area contributed by atoms with Crippen LogP contribution in [0.1, 0.15) is 30.5 Å². The molecule has 0 unspecified atom stereocenters. The second-order valence-electron chi connectivity index (χ2n) is 7.13. The number of aliphatic hydroxyl groups is 1. The fourth-order valence-corrected chi connectivity index (χ4v) is 4.76. The summed E-state index contributed by atoms with van der Waals surface area (Å²) in [5, 5.41) is 10.2. The zero-order valence-electron chi connectivity index (χ0n) is 13.4. The van der Waals surface area contributed by atoms with Crippen LogP contribution >= 0.6 is 0 Å². The van der Waals surface area contributed by atoms with E-state index < -0.39 is 0 Å². The summed E-state index contributed by atoms with van der Waals surface area (Å²) < 4.78 is 0. The number of benzene rings is 1. The minimum atomic E-state index is 0.0129. The highest BCUT2D eigenvalue weighted by Gasteiger charge is 2.55. The van der Waals surface area contributed by atoms with E-state index in [4.69, 9.17) is 0 Å². The Hall–Kier alpha value is -1.71. The van der Waals surface area contributed by atoms with Gasteiger partial charge in [-0.15, -0.1) is 0 Å². The van der Waals surface area contributed by atoms with Crippen LogP contribution in [-0.4, -0.2) is 33.7 Å². The first kappa shape index (κ1) is 14.9. The second kappa shape index (κ2) is 6.06. The molecule has 1 N–H and O–H groups in total. The van der Waals surface area contributed by atoms with Gasteiger partial charge < -0.3 is 5.11 Å². The fraction of sp³-hybridized carbons (Fsp3) is 0.450. The summed E-state index contributed by atoms with van der Waals surface area (Å²) in [4.78, 5) is 7.09. The lowest BCUT2D eigenvalue weighted by molar-refractivity contribution is 0.0748. The van der Waals surface area contributed by atoms with Crippen molar-refractivity contribution in [3.8, 4) is 0 Å². The molecule has 2 aliphatic rings. The van der Waals surface area contributed by atoms with E-state index in [1.807, 2.05) is 12.3 Å². The number of rotatable bonds is 5. The van der Waals surface area contributed by atoms with Crippen LogP contribution in [0, 0.1) is 5.41 Å². The molecular weight excluding hydrogens is 284 g/mol. The largest absolute Gasteiger partial charge is 0.396 e. The maximum absolute atomic E-state index is 10.2. The van der Waals surface area contributed by atoms with Crippen LogP contribution in [-0.2, 0) is 13.0 Å². The number of pyridine rings is 1. The highest BCUT2D eigenvalue weighted by molar-refractivity contribution is 5.21. The molecule has 23 heavy (non-hydrogen) atoms. The van der Waals surface area contributed by atoms with Gasteiger partial charge in [0.15, 0.2) is 0 Å². The molecule has 120 valence electrons. The lowest BCUT2D eigenvalue weighted by atomic mass is 9.70. The molecule has 0 spiro atoms. The average Bonchev–Trinajstić information content (AvgIpc) is 3.11. The Labute approximate surface area is 138 Å². The van der Waals surface area contributed by atoms with Crippen LogP contribution in [0.3, 0.4) is 0 Å². The van der Waals surface area contributed by atoms with Crippen LogP contribution in [0.5, 0.6) is 0 Å². The molecule has 0 radical (unpaired) electrons. The SMILES string of the molecule is OC[C@]1(Cc2ccccc2)C[C@@H]2CC[C@H]1N2Cc1ccccn1. The van der Waals surface area contributed by atoms with E-state index in [1.165, 1.54) is 18.4 Å². The highest BCUT2D eigenvalue weighted by Crippen LogP contribution is 2.51. The minimum absolute atomic E-state index is 0.0129. The van der Waals surface area contributed by atoms with Gasteiger partial charge in [0.2, 0.25) is 0 Å². The van der Waals surface area contributed by atoms with Gasteiger partial charge in [-0.3, -0.25) is 9.88 Å². The molecule has 3 nitrogen and oxygen atoms in total. The first-order valence-electron chi connectivity index (χ1n) is 8.61. The molecule has 3 atom stereocenters. The van der Waals surface area contributed by atoms with Gasteiger partial charge in [-0.1, -0.05) is 36.4 Å². The number of aromatic nitrogens is 1. The second-order valence-corrected chi connectivity index (χ2v) is 7.13. The van der Waals surface area contributed by atoms with Crippen molar-refractivity contribution in [2.24, 2.45) is 5.41 Å². The average molecular weight is 308 g/mol. The Kier molecular flexibility index (Phi) is 3.92. The fourth-order valence-electron chi connectivity index (χ4n) is 4.76. The van der Waals surface area contributed by atoms with Gasteiger partial charge in [0.1, 0.15) is 0 Å². The smallest absolute Gasteiger partial charge is 0.0544 e. The molecule has 1 aromatic heterocycles. The van der Waals surface area contributed by atoms with E-state index in [-0.39, 0.29) is 12.0 Å². The number of fused-ring (bicyclic) bond motifs is 2. The third-order valence-corrected chi connectivity index (χ3v) is 5.78. The molecule has 0 amide bonds. The van der Waals surface area contributed by atoms with Crippen molar-refractivity contribution in [2.45, 2.75) is 44.3 Å². The molecule has 0 aliphatic carbocycles. The van der Waals surface area contributed by atoms with Crippen LogP contribution in [0.25, 0.3) is 0 Å². The summed E-state index contributed by atoms with van der Waals surface area (Å²) in [6, 6.07) is 17.8. The summed E-state index contributed by atoms with van der Waals surface area (Å²) >= 11 is 0. The standard InChI is InChI=1S/C20H24N2O/c23-15-20(12-16-6-2-1-3-7-16)13-18-9-10-19(20)22(18)14-17-8-4-5-11-21-17/h1-8,11,18-19,23H,9-10,12-15H2/t18-,19+,20-/m0/s1. The Balaban J connectivity index is 1.56. The minimum Gasteiger partial charge on any atom is -0.396 e. The molecule has 0 saturated carbocycles. The number of hydrogen-bond donors (Lipinski definition) is 1. The van der Waals surface area contributed by atoms with E-state index in [1.54, 1.807) is 0 Å². The van der Waals surface area contributed by atoms with Gasteiger partial charge in [0.25, 0.3) is 0 Å². The van der Waals surface area contributed by atoms with Gasteiger partial charge in [-0.2, -0.15) is 0 Å². The summed E-state index contributed by atoms with van der Waals surface area (Å²) in [7, 11) is 0. The van der Waals surface area contributed by atoms with Crippen molar-refractivity contribution in [1.82, 2.24) is 9.88 Å². The number of nitrogens with zero attached hydrogens (tertiary/aromatic N) is 2. The lowest BCUT2D eigenvalue weighted by Crippen LogP contribution is -2.41. The summed E-state index contributed by atoms with van der Waals surface area (Å²) in [6.45, 7) is 1.19. The molecule has 2 bridgehead atoms. The molecule has 1 aromatic carbocycles. The number of aliphatic hydroxyl groups excluding tert-OH is 1. The topological polar surface area (TPSA) is 36.4 Å². The zero-order chi connectivity index (χ0) is 15.7. The highest BCUT2D eigenvalue weighted by atomic mass is 16.3. The van der Waals surface area contributed by atoms with E-state index >= 15 is 0 Å². The number of hydrogen-bond acceptors (Lipinski definition) is 3. The molecule has 3 heterocycles. The van der Waals surface area contributed by atoms with Crippen LogP contribution in [0.15, 0.2) is 54.7 Å². The molecule has 3 heteroatoms. The first-order chi connectivity index (χ1) is 11.3. The maximum atomic E-state index is 10.2. The van der Waals surface area contributed by atoms with E-state index in [0.29, 0.717) is 12.1 Å². The predicted molar refractivity (Wildman–Crippen MR) is 90.9 cm³/mol. The van der Waals surface area contributed by atoms with Crippen molar-refractivity contribution >= 4 is 0 Å². The van der Waals surface area contributed by atoms with E-state index in [9.17, 15) is 5.11 Å². The van der Waals surface area contributed by atoms with Crippen LogP contribution in [0.2, 0.25) is 0 Å². The zero-order valence-corrected chi connectivity index (χ0v) is 13.4. The Bertz CT molecular complexity index is 645. The van der Waals surface area contributed by atoms with Crippen molar-refractivity contribution in [2.75, 3.05) is 6.61 Å². The molecule has 2 aliphatic heterocycles. The van der Waals surface area contributed by atoms with Gasteiger partial charge in [0.05, 0.1) is 12.3 Å². The maximum Gasteiger partial charge on any atom is 0.0544 e. The normalized spacial score (nSPS) is 30.0. The third-order valence-electron chi connectivity index (χ3n) is 5.78. The quantitative estimate of drug-likeness (QED) is 0.922. The predicted octanol–water partition coefficient (Wildman–Crippen LogP) is 3.04. The summed E-state index contributed by atoms with van der Waals surface area (Å²) in [6.07, 6.45) is 6.41. The summed E-state index contributed by atoms with van der Waals surface area (Å²) in [5.41, 5.74) is 2.49. The van der Waals surface area contributed by atoms with Crippen LogP contribution < -0.4 is 0 Å². The Morgan fingerprint density at radius 1 is 1.09 bits per heavy atom. The van der Waals surface area contributed by atoms with Gasteiger partial charge in [-0.25, -0.2) is 0 Å². The van der Waals surface area contributed by atoms with Crippen molar-refractivity contribution in [3.05, 3.63) is 66.0 Å². The molecule has 2 aromatic rings. The van der Waals surface area contributed by atoms with Gasteiger partial charge >= 0.3 is 0 Å². The monoisotopic (exact) mass is 308 g/mol. The molecule has 4 rings (SSSR count). The Morgan fingerprint density at radius 3 is 2.65 bits per heavy atom. The third kappa shape index (κ3) is 2.68. The van der Waals surface area contributed by atoms with Crippen LogP contribution in [0.4, 0.5) is 0 Å². The van der Waals surface area contributed by atoms with E-state index in [2.05, 4.69) is 52.3 Å². The lowest BCUT2D eigenvalue weighted by Gasteiger charge is -2.36. The molecule has 2 saturated heterocycles. The van der Waals surface area contributed by atoms with Crippen molar-refractivity contribution in [1.29, 1.82) is 0 Å². The van der Waals surface area contributed by atoms with Gasteiger partial charge in [0, 0.05) is 30.2 Å². The Morgan fingerprint density at radius 2 is 1.91 bits per heavy atom. The van der Waals surface area contributed by atoms with Gasteiger partial charge in [-0.05, 0) is 43.4 Å². The van der Waals surface area contributed by atoms with Crippen molar-refractivity contribution < 1.29 is 5.11 Å². The molecule has 2 fully saturated rings. The first-order valence-corrected chi connectivity index (χ1v) is 8.61. The summed E-state index contributed by atoms with van der Waals surface area (Å²) in [5.74, 6) is 0. The molecular formula is C20H24N2O.